The van der Waals surface area contributed by atoms with Crippen LogP contribution in [0.15, 0.2) is 24.3 Å². The number of nitrogens with two attached hydrogens (primary N) is 1. The van der Waals surface area contributed by atoms with Gasteiger partial charge in [-0.15, -0.1) is 0 Å². The number of nitrogens with one attached hydrogen (secondary N) is 2. The number of halogens is 1. The number of benzene rings is 1. The molecule has 0 saturated heterocycles. The molecule has 1 amide bonds. The molecular formula is C11H11FN4O. The highest BCUT2D eigenvalue weighted by Gasteiger charge is 2.15. The molecule has 6 heteroatoms. The third kappa shape index (κ3) is 2.25. The van der Waals surface area contributed by atoms with Crippen LogP contribution in [0, 0.1) is 12.7 Å². The number of H-pyrrole nitrogens is 1. The highest BCUT2D eigenvalue weighted by Crippen LogP contribution is 2.15. The molecule has 0 unspecified atom stereocenters. The maximum Gasteiger partial charge on any atom is 0.261 e. The van der Waals surface area contributed by atoms with Crippen LogP contribution < -0.4 is 11.1 Å². The first-order valence-electron chi connectivity index (χ1n) is 4.95. The summed E-state index contributed by atoms with van der Waals surface area (Å²) < 4.78 is 12.7. The molecule has 88 valence electrons. The summed E-state index contributed by atoms with van der Waals surface area (Å²) in [4.78, 5) is 11.9. The smallest absolute Gasteiger partial charge is 0.261 e. The van der Waals surface area contributed by atoms with E-state index >= 15 is 0 Å². The number of rotatable bonds is 2. The van der Waals surface area contributed by atoms with E-state index in [-0.39, 0.29) is 17.5 Å². The number of amides is 1. The molecule has 5 nitrogen and oxygen atoms in total. The van der Waals surface area contributed by atoms with E-state index < -0.39 is 0 Å². The van der Waals surface area contributed by atoms with Gasteiger partial charge in [0.05, 0.1) is 0 Å². The Morgan fingerprint density at radius 3 is 2.59 bits per heavy atom. The Balaban J connectivity index is 2.20. The van der Waals surface area contributed by atoms with Crippen LogP contribution in [0.25, 0.3) is 0 Å². The van der Waals surface area contributed by atoms with Gasteiger partial charge < -0.3 is 11.1 Å². The van der Waals surface area contributed by atoms with Gasteiger partial charge in [0.2, 0.25) is 0 Å². The number of aromatic amines is 1. The fourth-order valence-corrected chi connectivity index (χ4v) is 1.46. The second-order valence-corrected chi connectivity index (χ2v) is 3.57. The molecule has 2 aromatic rings. The number of aryl methyl sites for hydroxylation is 1. The minimum atomic E-state index is -0.375. The quantitative estimate of drug-likeness (QED) is 0.739. The van der Waals surface area contributed by atoms with E-state index in [0.717, 1.165) is 0 Å². The topological polar surface area (TPSA) is 83.8 Å². The summed E-state index contributed by atoms with van der Waals surface area (Å²) in [5.74, 6) is -0.593. The molecule has 0 aliphatic carbocycles. The number of nitrogens with zero attached hydrogens (tertiary/aromatic N) is 1. The molecule has 0 spiro atoms. The number of anilines is 2. The molecule has 0 radical (unpaired) electrons. The Morgan fingerprint density at radius 1 is 1.41 bits per heavy atom. The summed E-state index contributed by atoms with van der Waals surface area (Å²) in [6, 6.07) is 5.47. The van der Waals surface area contributed by atoms with E-state index in [4.69, 9.17) is 5.73 Å². The van der Waals surface area contributed by atoms with Crippen LogP contribution in [0.2, 0.25) is 0 Å². The first-order valence-corrected chi connectivity index (χ1v) is 4.95. The van der Waals surface area contributed by atoms with E-state index in [1.54, 1.807) is 6.92 Å². The molecule has 0 saturated carbocycles. The summed E-state index contributed by atoms with van der Waals surface area (Å²) in [6.07, 6.45) is 0. The first-order chi connectivity index (χ1) is 8.08. The van der Waals surface area contributed by atoms with Crippen LogP contribution in [-0.4, -0.2) is 16.1 Å². The molecule has 2 rings (SSSR count). The van der Waals surface area contributed by atoms with Crippen molar-refractivity contribution in [3.05, 3.63) is 41.3 Å². The van der Waals surface area contributed by atoms with Crippen molar-refractivity contribution < 1.29 is 9.18 Å². The Labute approximate surface area is 96.8 Å². The average molecular weight is 234 g/mol. The Bertz CT molecular complexity index is 528. The number of nitrogen functional groups attached to an aromatic ring is 1. The third-order valence-electron chi connectivity index (χ3n) is 2.30. The van der Waals surface area contributed by atoms with Crippen LogP contribution in [-0.2, 0) is 0 Å². The van der Waals surface area contributed by atoms with E-state index in [9.17, 15) is 9.18 Å². The molecule has 4 N–H and O–H groups in total. The fraction of sp³-hybridized carbons (Fsp3) is 0.0909. The Morgan fingerprint density at radius 2 is 2.06 bits per heavy atom. The third-order valence-corrected chi connectivity index (χ3v) is 2.30. The lowest BCUT2D eigenvalue weighted by Gasteiger charge is -2.04. The second-order valence-electron chi connectivity index (χ2n) is 3.57. The maximum absolute atomic E-state index is 12.7. The van der Waals surface area contributed by atoms with Crippen LogP contribution >= 0.6 is 0 Å². The first kappa shape index (κ1) is 11.1. The van der Waals surface area contributed by atoms with Crippen molar-refractivity contribution in [2.75, 3.05) is 11.1 Å². The standard InChI is InChI=1S/C11H11FN4O/c1-6-9(10(13)16-15-6)11(17)14-8-4-2-7(12)3-5-8/h2-5H,1H3,(H,14,17)(H3,13,15,16). The Kier molecular flexibility index (Phi) is 2.78. The molecule has 0 aliphatic rings. The van der Waals surface area contributed by atoms with Crippen molar-refractivity contribution in [2.24, 2.45) is 0 Å². The van der Waals surface area contributed by atoms with Gasteiger partial charge in [-0.25, -0.2) is 4.39 Å². The molecule has 0 bridgehead atoms. The molecule has 0 fully saturated rings. The van der Waals surface area contributed by atoms with E-state index in [0.29, 0.717) is 16.9 Å². The monoisotopic (exact) mass is 234 g/mol. The van der Waals surface area contributed by atoms with Gasteiger partial charge in [0.1, 0.15) is 11.4 Å². The van der Waals surface area contributed by atoms with Crippen LogP contribution in [0.3, 0.4) is 0 Å². The normalized spacial score (nSPS) is 10.2. The molecule has 1 aromatic carbocycles. The largest absolute Gasteiger partial charge is 0.382 e. The van der Waals surface area contributed by atoms with Crippen LogP contribution in [0.1, 0.15) is 16.1 Å². The molecule has 0 aliphatic heterocycles. The van der Waals surface area contributed by atoms with Crippen molar-refractivity contribution in [2.45, 2.75) is 6.92 Å². The zero-order valence-electron chi connectivity index (χ0n) is 9.12. The molecule has 1 heterocycles. The van der Waals surface area contributed by atoms with E-state index in [2.05, 4.69) is 15.5 Å². The van der Waals surface area contributed by atoms with Crippen molar-refractivity contribution in [1.29, 1.82) is 0 Å². The van der Waals surface area contributed by atoms with Gasteiger partial charge >= 0.3 is 0 Å². The Hall–Kier alpha value is -2.37. The highest BCUT2D eigenvalue weighted by molar-refractivity contribution is 6.08. The SMILES string of the molecule is Cc1[nH]nc(N)c1C(=O)Nc1ccc(F)cc1. The number of carbonyl (C=O) groups excluding carboxylic acids is 1. The highest BCUT2D eigenvalue weighted by atomic mass is 19.1. The summed E-state index contributed by atoms with van der Waals surface area (Å²) in [7, 11) is 0. The number of hydrogen-bond acceptors (Lipinski definition) is 3. The predicted octanol–water partition coefficient (Wildman–Crippen LogP) is 1.69. The van der Waals surface area contributed by atoms with Gasteiger partial charge in [0, 0.05) is 11.4 Å². The molecule has 0 atom stereocenters. The van der Waals surface area contributed by atoms with Crippen molar-refractivity contribution in [3.8, 4) is 0 Å². The molecule has 17 heavy (non-hydrogen) atoms. The van der Waals surface area contributed by atoms with Crippen LogP contribution in [0.4, 0.5) is 15.9 Å². The van der Waals surface area contributed by atoms with Gasteiger partial charge in [0.25, 0.3) is 5.91 Å². The minimum absolute atomic E-state index is 0.141. The number of carbonyl (C=O) groups is 1. The molecule has 1 aromatic heterocycles. The summed E-state index contributed by atoms with van der Waals surface area (Å²) in [5.41, 5.74) is 6.94. The van der Waals surface area contributed by atoms with Gasteiger partial charge in [-0.1, -0.05) is 0 Å². The number of hydrogen-bond donors (Lipinski definition) is 3. The number of aromatic nitrogens is 2. The van der Waals surface area contributed by atoms with E-state index in [1.807, 2.05) is 0 Å². The second kappa shape index (κ2) is 4.25. The van der Waals surface area contributed by atoms with Crippen LogP contribution in [0.5, 0.6) is 0 Å². The van der Waals surface area contributed by atoms with Gasteiger partial charge in [-0.05, 0) is 31.2 Å². The summed E-state index contributed by atoms with van der Waals surface area (Å²) >= 11 is 0. The van der Waals surface area contributed by atoms with E-state index in [1.165, 1.54) is 24.3 Å². The maximum atomic E-state index is 12.7. The average Bonchev–Trinajstić information content (AvgIpc) is 2.62. The lowest BCUT2D eigenvalue weighted by molar-refractivity contribution is 0.102. The fourth-order valence-electron chi connectivity index (χ4n) is 1.46. The predicted molar refractivity (Wildman–Crippen MR) is 62.1 cm³/mol. The molecular weight excluding hydrogens is 223 g/mol. The zero-order chi connectivity index (χ0) is 12.4. The van der Waals surface area contributed by atoms with Crippen molar-refractivity contribution >= 4 is 17.4 Å². The minimum Gasteiger partial charge on any atom is -0.382 e. The summed E-state index contributed by atoms with van der Waals surface area (Å²) in [5, 5.41) is 8.95. The summed E-state index contributed by atoms with van der Waals surface area (Å²) in [6.45, 7) is 1.70. The lowest BCUT2D eigenvalue weighted by atomic mass is 10.2. The zero-order valence-corrected chi connectivity index (χ0v) is 9.12. The van der Waals surface area contributed by atoms with Gasteiger partial charge in [0.15, 0.2) is 5.82 Å². The van der Waals surface area contributed by atoms with Crippen molar-refractivity contribution in [1.82, 2.24) is 10.2 Å². The lowest BCUT2D eigenvalue weighted by Crippen LogP contribution is -2.14. The van der Waals surface area contributed by atoms with Crippen molar-refractivity contribution in [3.63, 3.8) is 0 Å². The van der Waals surface area contributed by atoms with Gasteiger partial charge in [-0.2, -0.15) is 5.10 Å². The van der Waals surface area contributed by atoms with Gasteiger partial charge in [-0.3, -0.25) is 9.89 Å².